The topological polar surface area (TPSA) is 66.5 Å². The number of benzene rings is 1. The van der Waals surface area contributed by atoms with Crippen LogP contribution in [0.5, 0.6) is 0 Å². The molecule has 4 rings (SSSR count). The van der Waals surface area contributed by atoms with Crippen molar-refractivity contribution >= 4 is 17.6 Å². The molecule has 1 saturated carbocycles. The summed E-state index contributed by atoms with van der Waals surface area (Å²) in [7, 11) is 0. The highest BCUT2D eigenvalue weighted by Gasteiger charge is 2.56. The molecule has 2 atom stereocenters. The molecule has 2 amide bonds. The second-order valence-corrected chi connectivity index (χ2v) is 8.51. The highest BCUT2D eigenvalue weighted by molar-refractivity contribution is 6.10. The predicted octanol–water partition coefficient (Wildman–Crippen LogP) is 2.66. The summed E-state index contributed by atoms with van der Waals surface area (Å²) in [5.41, 5.74) is 0.568. The fraction of sp³-hybridized carbons (Fsp3) is 0.591. The smallest absolute Gasteiger partial charge is 0.228 e. The van der Waals surface area contributed by atoms with Gasteiger partial charge in [-0.1, -0.05) is 37.3 Å². The summed E-state index contributed by atoms with van der Waals surface area (Å²) < 4.78 is 0. The van der Waals surface area contributed by atoms with Gasteiger partial charge < -0.3 is 10.2 Å². The molecule has 0 aromatic heterocycles. The van der Waals surface area contributed by atoms with Crippen molar-refractivity contribution in [2.24, 2.45) is 11.8 Å². The number of ketones is 1. The van der Waals surface area contributed by atoms with Crippen LogP contribution in [0.4, 0.5) is 0 Å². The SMILES string of the molecule is C[C@@H](C[C@@]1(C2CC2)NC(=O)CC1=O)C(=O)N1CCC(c2ccccc2)CC1. The second kappa shape index (κ2) is 7.10. The number of nitrogens with one attached hydrogen (secondary N) is 1. The summed E-state index contributed by atoms with van der Waals surface area (Å²) in [5, 5.41) is 2.94. The minimum absolute atomic E-state index is 0.0163. The van der Waals surface area contributed by atoms with Crippen LogP contribution in [0, 0.1) is 11.8 Å². The molecule has 1 aliphatic carbocycles. The zero-order valence-electron chi connectivity index (χ0n) is 15.9. The van der Waals surface area contributed by atoms with E-state index >= 15 is 0 Å². The molecule has 0 radical (unpaired) electrons. The van der Waals surface area contributed by atoms with E-state index in [9.17, 15) is 14.4 Å². The quantitative estimate of drug-likeness (QED) is 0.813. The first kappa shape index (κ1) is 18.2. The Kier molecular flexibility index (Phi) is 4.79. The lowest BCUT2D eigenvalue weighted by Gasteiger charge is -2.36. The van der Waals surface area contributed by atoms with Gasteiger partial charge in [-0.25, -0.2) is 0 Å². The molecule has 5 heteroatoms. The molecule has 0 bridgehead atoms. The largest absolute Gasteiger partial charge is 0.343 e. The number of rotatable bonds is 5. The van der Waals surface area contributed by atoms with Crippen LogP contribution in [0.15, 0.2) is 30.3 Å². The van der Waals surface area contributed by atoms with Crippen LogP contribution in [0.3, 0.4) is 0 Å². The van der Waals surface area contributed by atoms with Crippen LogP contribution in [0.2, 0.25) is 0 Å². The molecule has 3 fully saturated rings. The van der Waals surface area contributed by atoms with Crippen molar-refractivity contribution in [2.75, 3.05) is 13.1 Å². The van der Waals surface area contributed by atoms with Crippen LogP contribution in [0.1, 0.15) is 56.9 Å². The summed E-state index contributed by atoms with van der Waals surface area (Å²) in [6.07, 6.45) is 4.31. The number of Topliss-reactive ketones (excluding diaryl/α,β-unsaturated/α-hetero) is 1. The Morgan fingerprint density at radius 1 is 1.15 bits per heavy atom. The minimum Gasteiger partial charge on any atom is -0.343 e. The van der Waals surface area contributed by atoms with Crippen molar-refractivity contribution in [3.63, 3.8) is 0 Å². The lowest BCUT2D eigenvalue weighted by molar-refractivity contribution is -0.137. The summed E-state index contributed by atoms with van der Waals surface area (Å²) in [6, 6.07) is 10.5. The number of hydrogen-bond donors (Lipinski definition) is 1. The van der Waals surface area contributed by atoms with E-state index in [1.807, 2.05) is 17.9 Å². The molecule has 0 unspecified atom stereocenters. The lowest BCUT2D eigenvalue weighted by Crippen LogP contribution is -2.52. The molecular weight excluding hydrogens is 340 g/mol. The molecule has 3 aliphatic rings. The number of carbonyl (C=O) groups excluding carboxylic acids is 3. The van der Waals surface area contributed by atoms with Crippen LogP contribution >= 0.6 is 0 Å². The Bertz CT molecular complexity index is 735. The summed E-state index contributed by atoms with van der Waals surface area (Å²) in [5.74, 6) is 0.402. The molecule has 2 heterocycles. The Morgan fingerprint density at radius 3 is 2.37 bits per heavy atom. The molecule has 27 heavy (non-hydrogen) atoms. The lowest BCUT2D eigenvalue weighted by atomic mass is 9.80. The molecular formula is C22H28N2O3. The highest BCUT2D eigenvalue weighted by atomic mass is 16.2. The van der Waals surface area contributed by atoms with E-state index in [0.717, 1.165) is 38.8 Å². The molecule has 1 aromatic rings. The summed E-state index contributed by atoms with van der Waals surface area (Å²) >= 11 is 0. The first-order valence-corrected chi connectivity index (χ1v) is 10.2. The van der Waals surface area contributed by atoms with Crippen LogP contribution in [-0.2, 0) is 14.4 Å². The number of nitrogens with zero attached hydrogens (tertiary/aromatic N) is 1. The van der Waals surface area contributed by atoms with Crippen LogP contribution in [-0.4, -0.2) is 41.1 Å². The zero-order valence-corrected chi connectivity index (χ0v) is 15.9. The van der Waals surface area contributed by atoms with Gasteiger partial charge in [-0.05, 0) is 49.5 Å². The van der Waals surface area contributed by atoms with E-state index in [-0.39, 0.29) is 35.9 Å². The van der Waals surface area contributed by atoms with Crippen molar-refractivity contribution in [3.8, 4) is 0 Å². The number of piperidine rings is 1. The van der Waals surface area contributed by atoms with Gasteiger partial charge in [0.25, 0.3) is 0 Å². The molecule has 1 N–H and O–H groups in total. The van der Waals surface area contributed by atoms with E-state index in [1.54, 1.807) is 0 Å². The van der Waals surface area contributed by atoms with Gasteiger partial charge in [0.2, 0.25) is 11.8 Å². The Hall–Kier alpha value is -2.17. The van der Waals surface area contributed by atoms with Gasteiger partial charge in [-0.3, -0.25) is 14.4 Å². The van der Waals surface area contributed by atoms with Gasteiger partial charge >= 0.3 is 0 Å². The van der Waals surface area contributed by atoms with Gasteiger partial charge in [0.05, 0.1) is 6.42 Å². The van der Waals surface area contributed by atoms with E-state index in [0.29, 0.717) is 12.3 Å². The standard InChI is InChI=1S/C22H28N2O3/c1-15(14-22(18-7-8-18)19(25)13-20(26)23-22)21(27)24-11-9-17(10-12-24)16-5-3-2-4-6-16/h2-6,15,17-18H,7-14H2,1H3,(H,23,26)/t15-,22-/m0/s1. The maximum Gasteiger partial charge on any atom is 0.228 e. The Balaban J connectivity index is 1.37. The Morgan fingerprint density at radius 2 is 1.81 bits per heavy atom. The Labute approximate surface area is 160 Å². The summed E-state index contributed by atoms with van der Waals surface area (Å²) in [4.78, 5) is 39.3. The minimum atomic E-state index is -0.783. The first-order valence-electron chi connectivity index (χ1n) is 10.2. The third-order valence-electron chi connectivity index (χ3n) is 6.58. The third kappa shape index (κ3) is 3.52. The molecule has 5 nitrogen and oxygen atoms in total. The van der Waals surface area contributed by atoms with Gasteiger partial charge in [-0.15, -0.1) is 0 Å². The number of likely N-dealkylation sites (tertiary alicyclic amines) is 1. The fourth-order valence-corrected chi connectivity index (χ4v) is 4.94. The average molecular weight is 368 g/mol. The van der Waals surface area contributed by atoms with Gasteiger partial charge in [-0.2, -0.15) is 0 Å². The second-order valence-electron chi connectivity index (χ2n) is 8.51. The fourth-order valence-electron chi connectivity index (χ4n) is 4.94. The van der Waals surface area contributed by atoms with Crippen LogP contribution < -0.4 is 5.32 Å². The number of carbonyl (C=O) groups is 3. The van der Waals surface area contributed by atoms with E-state index < -0.39 is 5.54 Å². The normalized spacial score (nSPS) is 27.5. The maximum atomic E-state index is 13.0. The molecule has 2 saturated heterocycles. The van der Waals surface area contributed by atoms with E-state index in [2.05, 4.69) is 29.6 Å². The average Bonchev–Trinajstić information content (AvgIpc) is 3.49. The molecule has 2 aliphatic heterocycles. The van der Waals surface area contributed by atoms with Gasteiger partial charge in [0, 0.05) is 19.0 Å². The van der Waals surface area contributed by atoms with Crippen molar-refractivity contribution in [1.29, 1.82) is 0 Å². The molecule has 144 valence electrons. The van der Waals surface area contributed by atoms with Gasteiger partial charge in [0.15, 0.2) is 5.78 Å². The van der Waals surface area contributed by atoms with E-state index in [1.165, 1.54) is 5.56 Å². The van der Waals surface area contributed by atoms with Crippen molar-refractivity contribution in [3.05, 3.63) is 35.9 Å². The van der Waals surface area contributed by atoms with Crippen molar-refractivity contribution in [2.45, 2.75) is 56.9 Å². The molecule has 1 aromatic carbocycles. The zero-order chi connectivity index (χ0) is 19.0. The van der Waals surface area contributed by atoms with Gasteiger partial charge in [0.1, 0.15) is 5.54 Å². The van der Waals surface area contributed by atoms with Crippen molar-refractivity contribution in [1.82, 2.24) is 10.2 Å². The number of amides is 2. The van der Waals surface area contributed by atoms with Crippen LogP contribution in [0.25, 0.3) is 0 Å². The predicted molar refractivity (Wildman–Crippen MR) is 102 cm³/mol. The number of hydrogen-bond acceptors (Lipinski definition) is 3. The highest BCUT2D eigenvalue weighted by Crippen LogP contribution is 2.46. The third-order valence-corrected chi connectivity index (χ3v) is 6.58. The monoisotopic (exact) mass is 368 g/mol. The summed E-state index contributed by atoms with van der Waals surface area (Å²) in [6.45, 7) is 3.44. The maximum absolute atomic E-state index is 13.0. The van der Waals surface area contributed by atoms with Crippen molar-refractivity contribution < 1.29 is 14.4 Å². The van der Waals surface area contributed by atoms with E-state index in [4.69, 9.17) is 0 Å². The molecule has 0 spiro atoms. The first-order chi connectivity index (χ1) is 13.0.